The number of benzene rings is 2. The van der Waals surface area contributed by atoms with Gasteiger partial charge < -0.3 is 20.7 Å². The van der Waals surface area contributed by atoms with Crippen LogP contribution in [-0.4, -0.2) is 30.2 Å². The molecule has 32 heavy (non-hydrogen) atoms. The van der Waals surface area contributed by atoms with Crippen molar-refractivity contribution < 1.29 is 4.74 Å². The average molecular weight is 452 g/mol. The standard InChI is InChI=1S/C25H30ClN5O/c1-17-16-28-25(31-24(17)29-21-9-10-22(26)23(15-21)32-2)30-20-7-5-18(6-8-20)3-4-19-11-13-27-14-12-19/h5-10,15-16,19,27H,3-4,11-14H2,1-2H3,(H2,28,29,30,31). The highest BCUT2D eigenvalue weighted by Gasteiger charge is 2.13. The molecule has 0 bridgehead atoms. The summed E-state index contributed by atoms with van der Waals surface area (Å²) in [4.78, 5) is 9.08. The van der Waals surface area contributed by atoms with Gasteiger partial charge in [-0.05, 0) is 81.4 Å². The summed E-state index contributed by atoms with van der Waals surface area (Å²) in [6.45, 7) is 4.29. The van der Waals surface area contributed by atoms with E-state index in [1.54, 1.807) is 19.4 Å². The number of aryl methyl sites for hydroxylation is 2. The molecule has 1 saturated heterocycles. The van der Waals surface area contributed by atoms with Gasteiger partial charge in [-0.25, -0.2) is 4.98 Å². The molecule has 2 aromatic carbocycles. The van der Waals surface area contributed by atoms with Gasteiger partial charge in [-0.1, -0.05) is 23.7 Å². The highest BCUT2D eigenvalue weighted by Crippen LogP contribution is 2.29. The van der Waals surface area contributed by atoms with Crippen LogP contribution in [0.1, 0.15) is 30.4 Å². The number of nitrogens with zero attached hydrogens (tertiary/aromatic N) is 2. The van der Waals surface area contributed by atoms with Gasteiger partial charge in [-0.15, -0.1) is 0 Å². The van der Waals surface area contributed by atoms with E-state index in [4.69, 9.17) is 16.3 Å². The molecule has 0 radical (unpaired) electrons. The molecule has 4 rings (SSSR count). The predicted molar refractivity (Wildman–Crippen MR) is 132 cm³/mol. The summed E-state index contributed by atoms with van der Waals surface area (Å²) in [5.41, 5.74) is 4.13. The Morgan fingerprint density at radius 1 is 1.06 bits per heavy atom. The first-order valence-corrected chi connectivity index (χ1v) is 11.5. The number of aromatic nitrogens is 2. The molecule has 0 amide bonds. The van der Waals surface area contributed by atoms with Gasteiger partial charge in [0.15, 0.2) is 0 Å². The predicted octanol–water partition coefficient (Wildman–Crippen LogP) is 5.87. The van der Waals surface area contributed by atoms with Gasteiger partial charge in [0.2, 0.25) is 5.95 Å². The second kappa shape index (κ2) is 10.7. The summed E-state index contributed by atoms with van der Waals surface area (Å²) in [5.74, 6) is 2.73. The number of anilines is 4. The molecule has 0 spiro atoms. The molecule has 168 valence electrons. The lowest BCUT2D eigenvalue weighted by Gasteiger charge is -2.22. The van der Waals surface area contributed by atoms with Crippen LogP contribution in [0.2, 0.25) is 5.02 Å². The minimum Gasteiger partial charge on any atom is -0.495 e. The molecule has 3 aromatic rings. The van der Waals surface area contributed by atoms with Gasteiger partial charge in [-0.2, -0.15) is 4.98 Å². The van der Waals surface area contributed by atoms with Gasteiger partial charge in [0.25, 0.3) is 0 Å². The van der Waals surface area contributed by atoms with Crippen molar-refractivity contribution in [1.82, 2.24) is 15.3 Å². The fourth-order valence-corrected chi connectivity index (χ4v) is 4.12. The first-order chi connectivity index (χ1) is 15.6. The molecule has 2 heterocycles. The van der Waals surface area contributed by atoms with Crippen molar-refractivity contribution in [2.24, 2.45) is 5.92 Å². The van der Waals surface area contributed by atoms with Crippen molar-refractivity contribution in [3.8, 4) is 5.75 Å². The lowest BCUT2D eigenvalue weighted by atomic mass is 9.91. The van der Waals surface area contributed by atoms with Crippen LogP contribution in [0, 0.1) is 12.8 Å². The van der Waals surface area contributed by atoms with Crippen molar-refractivity contribution in [3.63, 3.8) is 0 Å². The first-order valence-electron chi connectivity index (χ1n) is 11.1. The average Bonchev–Trinajstić information content (AvgIpc) is 2.82. The van der Waals surface area contributed by atoms with Gasteiger partial charge in [0, 0.05) is 29.2 Å². The topological polar surface area (TPSA) is 71.1 Å². The second-order valence-electron chi connectivity index (χ2n) is 8.25. The van der Waals surface area contributed by atoms with E-state index in [0.29, 0.717) is 16.7 Å². The van der Waals surface area contributed by atoms with Crippen molar-refractivity contribution in [1.29, 1.82) is 0 Å². The van der Waals surface area contributed by atoms with E-state index in [-0.39, 0.29) is 0 Å². The number of piperidine rings is 1. The normalized spacial score (nSPS) is 14.2. The number of hydrogen-bond acceptors (Lipinski definition) is 6. The van der Waals surface area contributed by atoms with E-state index >= 15 is 0 Å². The van der Waals surface area contributed by atoms with Crippen LogP contribution in [-0.2, 0) is 6.42 Å². The van der Waals surface area contributed by atoms with Crippen molar-refractivity contribution in [2.75, 3.05) is 30.8 Å². The lowest BCUT2D eigenvalue weighted by Crippen LogP contribution is -2.27. The number of hydrogen-bond donors (Lipinski definition) is 3. The maximum atomic E-state index is 6.13. The van der Waals surface area contributed by atoms with Gasteiger partial charge in [-0.3, -0.25) is 0 Å². The molecule has 3 N–H and O–H groups in total. The number of methoxy groups -OCH3 is 1. The lowest BCUT2D eigenvalue weighted by molar-refractivity contribution is 0.354. The van der Waals surface area contributed by atoms with E-state index in [1.165, 1.54) is 24.8 Å². The van der Waals surface area contributed by atoms with Crippen molar-refractivity contribution >= 4 is 34.7 Å². The first kappa shape index (κ1) is 22.4. The molecule has 6 nitrogen and oxygen atoms in total. The van der Waals surface area contributed by atoms with Gasteiger partial charge in [0.1, 0.15) is 11.6 Å². The zero-order valence-corrected chi connectivity index (χ0v) is 19.4. The van der Waals surface area contributed by atoms with Crippen LogP contribution in [0.3, 0.4) is 0 Å². The molecule has 1 aromatic heterocycles. The minimum atomic E-state index is 0.543. The Bertz CT molecular complexity index is 1040. The summed E-state index contributed by atoms with van der Waals surface area (Å²) in [7, 11) is 1.60. The third kappa shape index (κ3) is 5.90. The highest BCUT2D eigenvalue weighted by molar-refractivity contribution is 6.32. The Morgan fingerprint density at radius 2 is 1.81 bits per heavy atom. The van der Waals surface area contributed by atoms with Crippen LogP contribution in [0.5, 0.6) is 5.75 Å². The molecule has 0 saturated carbocycles. The third-order valence-corrected chi connectivity index (χ3v) is 6.21. The summed E-state index contributed by atoms with van der Waals surface area (Å²) >= 11 is 6.13. The molecule has 0 aliphatic carbocycles. The molecule has 0 unspecified atom stereocenters. The fourth-order valence-electron chi connectivity index (χ4n) is 3.93. The summed E-state index contributed by atoms with van der Waals surface area (Å²) in [6.07, 6.45) is 6.79. The van der Waals surface area contributed by atoms with Crippen LogP contribution >= 0.6 is 11.6 Å². The number of rotatable bonds is 8. The minimum absolute atomic E-state index is 0.543. The molecular weight excluding hydrogens is 422 g/mol. The third-order valence-electron chi connectivity index (χ3n) is 5.90. The Kier molecular flexibility index (Phi) is 7.45. The van der Waals surface area contributed by atoms with Crippen molar-refractivity contribution in [2.45, 2.75) is 32.6 Å². The second-order valence-corrected chi connectivity index (χ2v) is 8.66. The molecule has 0 atom stereocenters. The van der Waals surface area contributed by atoms with Crippen LogP contribution in [0.15, 0.2) is 48.7 Å². The Labute approximate surface area is 194 Å². The van der Waals surface area contributed by atoms with E-state index in [1.807, 2.05) is 19.1 Å². The summed E-state index contributed by atoms with van der Waals surface area (Å²) < 4.78 is 5.30. The van der Waals surface area contributed by atoms with Crippen LogP contribution in [0.25, 0.3) is 0 Å². The zero-order chi connectivity index (χ0) is 22.3. The molecule has 7 heteroatoms. The van der Waals surface area contributed by atoms with Gasteiger partial charge >= 0.3 is 0 Å². The van der Waals surface area contributed by atoms with Crippen LogP contribution in [0.4, 0.5) is 23.1 Å². The van der Waals surface area contributed by atoms with E-state index in [9.17, 15) is 0 Å². The van der Waals surface area contributed by atoms with E-state index < -0.39 is 0 Å². The van der Waals surface area contributed by atoms with Crippen LogP contribution < -0.4 is 20.7 Å². The highest BCUT2D eigenvalue weighted by atomic mass is 35.5. The quantitative estimate of drug-likeness (QED) is 0.398. The monoisotopic (exact) mass is 451 g/mol. The largest absolute Gasteiger partial charge is 0.495 e. The Hall–Kier alpha value is -2.83. The maximum Gasteiger partial charge on any atom is 0.229 e. The van der Waals surface area contributed by atoms with Crippen molar-refractivity contribution in [3.05, 3.63) is 64.8 Å². The Balaban J connectivity index is 1.39. The fraction of sp³-hybridized carbons (Fsp3) is 0.360. The number of ether oxygens (including phenoxy) is 1. The van der Waals surface area contributed by atoms with Gasteiger partial charge in [0.05, 0.1) is 12.1 Å². The number of halogens is 1. The zero-order valence-electron chi connectivity index (χ0n) is 18.6. The number of nitrogens with one attached hydrogen (secondary N) is 3. The maximum absolute atomic E-state index is 6.13. The van der Waals surface area contributed by atoms with E-state index in [0.717, 1.165) is 48.2 Å². The molecule has 1 aliphatic rings. The molecule has 1 fully saturated rings. The molecule has 1 aliphatic heterocycles. The summed E-state index contributed by atoms with van der Waals surface area (Å²) in [5, 5.41) is 10.6. The smallest absolute Gasteiger partial charge is 0.229 e. The SMILES string of the molecule is COc1cc(Nc2nc(Nc3ccc(CCC4CCNCC4)cc3)ncc2C)ccc1Cl. The van der Waals surface area contributed by atoms with E-state index in [2.05, 4.69) is 50.2 Å². The Morgan fingerprint density at radius 3 is 2.56 bits per heavy atom. The summed E-state index contributed by atoms with van der Waals surface area (Å²) in [6, 6.07) is 14.1. The molecular formula is C25H30ClN5O.